The van der Waals surface area contributed by atoms with E-state index in [1.807, 2.05) is 13.0 Å². The number of anilines is 1. The molecule has 9 heteroatoms. The number of halogens is 3. The van der Waals surface area contributed by atoms with Crippen LogP contribution in [0, 0.1) is 17.2 Å². The molecule has 2 saturated heterocycles. The predicted molar refractivity (Wildman–Crippen MR) is 86.0 cm³/mol. The average Bonchev–Trinajstić information content (AvgIpc) is 3.13. The number of benzene rings is 1. The highest BCUT2D eigenvalue weighted by Gasteiger charge is 2.64. The molecule has 134 valence electrons. The molecule has 3 heterocycles. The first kappa shape index (κ1) is 16.7. The fraction of sp³-hybridized carbons (Fsp3) is 0.438. The Hall–Kier alpha value is -1.73. The number of ether oxygens (including phenoxy) is 1. The largest absolute Gasteiger partial charge is 0.417 e. The van der Waals surface area contributed by atoms with Gasteiger partial charge in [0, 0.05) is 12.5 Å². The van der Waals surface area contributed by atoms with E-state index in [1.165, 1.54) is 16.4 Å². The fourth-order valence-corrected chi connectivity index (χ4v) is 6.40. The lowest BCUT2D eigenvalue weighted by Gasteiger charge is -2.43. The van der Waals surface area contributed by atoms with Crippen LogP contribution in [0.15, 0.2) is 30.4 Å². The summed E-state index contributed by atoms with van der Waals surface area (Å²) in [5.41, 5.74) is -2.18. The van der Waals surface area contributed by atoms with E-state index in [1.54, 1.807) is 6.08 Å². The molecule has 0 radical (unpaired) electrons. The van der Waals surface area contributed by atoms with Gasteiger partial charge in [-0.05, 0) is 25.1 Å². The molecule has 2 N–H and O–H groups in total. The summed E-state index contributed by atoms with van der Waals surface area (Å²) in [5, 5.41) is 8.33. The van der Waals surface area contributed by atoms with Crippen molar-refractivity contribution >= 4 is 16.5 Å². The lowest BCUT2D eigenvalue weighted by Crippen LogP contribution is -2.34. The van der Waals surface area contributed by atoms with E-state index in [-0.39, 0.29) is 18.2 Å². The van der Waals surface area contributed by atoms with Crippen molar-refractivity contribution in [2.24, 2.45) is 5.92 Å². The molecule has 1 aromatic carbocycles. The first-order valence-corrected chi connectivity index (χ1v) is 9.18. The maximum absolute atomic E-state index is 13.2. The van der Waals surface area contributed by atoms with Crippen molar-refractivity contribution in [3.63, 3.8) is 0 Å². The molecule has 0 spiro atoms. The number of nitriles is 1. The normalized spacial score (nSPS) is 36.4. The maximum Gasteiger partial charge on any atom is 0.417 e. The minimum absolute atomic E-state index is 0.0451. The van der Waals surface area contributed by atoms with E-state index in [0.29, 0.717) is 0 Å². The second-order valence-corrected chi connectivity index (χ2v) is 8.77. The summed E-state index contributed by atoms with van der Waals surface area (Å²) in [7, 11) is -3.36. The third-order valence-electron chi connectivity index (χ3n) is 5.23. The molecule has 0 amide bonds. The van der Waals surface area contributed by atoms with Gasteiger partial charge in [0.1, 0.15) is 5.25 Å². The zero-order valence-electron chi connectivity index (χ0n) is 13.1. The Balaban J connectivity index is 1.76. The summed E-state index contributed by atoms with van der Waals surface area (Å²) in [4.78, 5) is 0. The van der Waals surface area contributed by atoms with Gasteiger partial charge in [-0.2, -0.15) is 18.4 Å². The highest BCUT2D eigenvalue weighted by molar-refractivity contribution is 8.26. The fourth-order valence-electron chi connectivity index (χ4n) is 4.00. The van der Waals surface area contributed by atoms with Gasteiger partial charge in [0.25, 0.3) is 0 Å². The van der Waals surface area contributed by atoms with Crippen molar-refractivity contribution in [2.75, 3.05) is 10.8 Å². The topological polar surface area (TPSA) is 76.7 Å². The van der Waals surface area contributed by atoms with E-state index in [9.17, 15) is 22.3 Å². The molecule has 1 aromatic rings. The van der Waals surface area contributed by atoms with Crippen LogP contribution in [-0.2, 0) is 10.9 Å². The second-order valence-electron chi connectivity index (χ2n) is 6.66. The van der Waals surface area contributed by atoms with Gasteiger partial charge < -0.3 is 4.74 Å². The van der Waals surface area contributed by atoms with E-state index in [4.69, 9.17) is 10.00 Å². The van der Waals surface area contributed by atoms with Crippen LogP contribution < -0.4 is 4.31 Å². The molecule has 25 heavy (non-hydrogen) atoms. The quantitative estimate of drug-likeness (QED) is 0.734. The number of hydrogen-bond acceptors (Lipinski definition) is 5. The maximum atomic E-state index is 13.2. The summed E-state index contributed by atoms with van der Waals surface area (Å²) in [5.74, 6) is -0.225. The monoisotopic (exact) mass is 372 g/mol. The first-order valence-electron chi connectivity index (χ1n) is 7.61. The first-order chi connectivity index (χ1) is 11.6. The van der Waals surface area contributed by atoms with Gasteiger partial charge in [-0.3, -0.25) is 13.4 Å². The van der Waals surface area contributed by atoms with E-state index >= 15 is 0 Å². The van der Waals surface area contributed by atoms with Crippen LogP contribution in [0.1, 0.15) is 18.1 Å². The van der Waals surface area contributed by atoms with Crippen molar-refractivity contribution in [1.29, 1.82) is 5.26 Å². The molecule has 3 aliphatic heterocycles. The zero-order valence-corrected chi connectivity index (χ0v) is 13.9. The third-order valence-corrected chi connectivity index (χ3v) is 7.57. The van der Waals surface area contributed by atoms with Gasteiger partial charge in [-0.25, -0.2) is 0 Å². The lowest BCUT2D eigenvalue weighted by atomic mass is 9.84. The van der Waals surface area contributed by atoms with Gasteiger partial charge >= 0.3 is 6.18 Å². The number of nitrogens with zero attached hydrogens (tertiary/aromatic N) is 2. The number of fused-ring (bicyclic) bond motifs is 5. The summed E-state index contributed by atoms with van der Waals surface area (Å²) in [6.45, 7) is 2.01. The molecule has 2 fully saturated rings. The molecule has 3 aliphatic rings. The lowest BCUT2D eigenvalue weighted by molar-refractivity contribution is -0.137. The van der Waals surface area contributed by atoms with E-state index in [0.717, 1.165) is 12.1 Å². The predicted octanol–water partition coefficient (Wildman–Crippen LogP) is 3.77. The molecule has 0 aromatic heterocycles. The van der Waals surface area contributed by atoms with Crippen LogP contribution in [0.2, 0.25) is 0 Å². The Morgan fingerprint density at radius 3 is 2.72 bits per heavy atom. The van der Waals surface area contributed by atoms with Crippen molar-refractivity contribution in [2.45, 2.75) is 30.1 Å². The molecule has 2 bridgehead atoms. The Morgan fingerprint density at radius 2 is 2.12 bits per heavy atom. The molecule has 4 rings (SSSR count). The minimum atomic E-state index is -4.70. The minimum Gasteiger partial charge on any atom is -0.361 e. The van der Waals surface area contributed by atoms with Crippen molar-refractivity contribution < 1.29 is 27.0 Å². The van der Waals surface area contributed by atoms with Crippen molar-refractivity contribution in [3.05, 3.63) is 41.5 Å². The van der Waals surface area contributed by atoms with Crippen LogP contribution in [-0.4, -0.2) is 32.6 Å². The summed E-state index contributed by atoms with van der Waals surface area (Å²) in [6, 6.07) is 4.72. The standard InChI is InChI=1S/C16H15F3N2O3S/c1-15-5-4-13(24-15)14-12(15)8-21(25(14,22)23)10-3-2-9(7-20)11(6-10)16(17,18)19/h2-6,12-14,22-23H,8H2,1H3/t12-,13+,14+,15-/m0/s1. The van der Waals surface area contributed by atoms with Crippen LogP contribution in [0.25, 0.3) is 0 Å². The van der Waals surface area contributed by atoms with Crippen LogP contribution in [0.3, 0.4) is 0 Å². The third kappa shape index (κ3) is 2.22. The SMILES string of the molecule is C[C@@]12C=C[C@@H](O1)[C@H]1[C@@H]2CN(c2ccc(C#N)c(C(F)(F)F)c2)S1(O)O. The molecule has 0 aliphatic carbocycles. The number of hydrogen-bond donors (Lipinski definition) is 2. The highest BCUT2D eigenvalue weighted by Crippen LogP contribution is 2.67. The Morgan fingerprint density at radius 1 is 1.40 bits per heavy atom. The van der Waals surface area contributed by atoms with Crippen molar-refractivity contribution in [1.82, 2.24) is 0 Å². The molecular weight excluding hydrogens is 357 g/mol. The van der Waals surface area contributed by atoms with Gasteiger partial charge in [-0.15, -0.1) is 10.8 Å². The molecule has 4 atom stereocenters. The van der Waals surface area contributed by atoms with Gasteiger partial charge in [0.15, 0.2) is 0 Å². The molecular formula is C16H15F3N2O3S. The highest BCUT2D eigenvalue weighted by atomic mass is 32.3. The smallest absolute Gasteiger partial charge is 0.361 e. The van der Waals surface area contributed by atoms with E-state index in [2.05, 4.69) is 0 Å². The van der Waals surface area contributed by atoms with Gasteiger partial charge in [0.2, 0.25) is 0 Å². The Bertz CT molecular complexity index is 820. The summed E-state index contributed by atoms with van der Waals surface area (Å²) in [6.07, 6.45) is -1.50. The summed E-state index contributed by atoms with van der Waals surface area (Å²) < 4.78 is 68.1. The van der Waals surface area contributed by atoms with E-state index < -0.39 is 45.0 Å². The van der Waals surface area contributed by atoms with Gasteiger partial charge in [0.05, 0.1) is 34.6 Å². The average molecular weight is 372 g/mol. The van der Waals surface area contributed by atoms with Crippen LogP contribution >= 0.6 is 10.8 Å². The Kier molecular flexibility index (Phi) is 3.29. The number of alkyl halides is 3. The second kappa shape index (κ2) is 4.92. The number of rotatable bonds is 1. The van der Waals surface area contributed by atoms with Crippen molar-refractivity contribution in [3.8, 4) is 6.07 Å². The zero-order chi connectivity index (χ0) is 18.2. The molecule has 5 nitrogen and oxygen atoms in total. The van der Waals surface area contributed by atoms with Crippen LogP contribution in [0.4, 0.5) is 18.9 Å². The molecule has 0 saturated carbocycles. The Labute approximate surface area is 143 Å². The summed E-state index contributed by atoms with van der Waals surface area (Å²) >= 11 is 0. The van der Waals surface area contributed by atoms with Gasteiger partial charge in [-0.1, -0.05) is 12.2 Å². The van der Waals surface area contributed by atoms with Crippen LogP contribution in [0.5, 0.6) is 0 Å². The molecule has 0 unspecified atom stereocenters.